The molecule has 2 unspecified atom stereocenters. The van der Waals surface area contributed by atoms with Gasteiger partial charge in [-0.3, -0.25) is 4.79 Å². The van der Waals surface area contributed by atoms with Crippen LogP contribution in [-0.4, -0.2) is 12.1 Å². The molecule has 0 aliphatic heterocycles. The van der Waals surface area contributed by atoms with Crippen molar-refractivity contribution < 1.29 is 9.53 Å². The lowest BCUT2D eigenvalue weighted by molar-refractivity contribution is -0.152. The highest BCUT2D eigenvalue weighted by molar-refractivity contribution is 5.72. The number of benzene rings is 1. The number of hydrogen-bond donors (Lipinski definition) is 0. The van der Waals surface area contributed by atoms with E-state index in [-0.39, 0.29) is 18.0 Å². The van der Waals surface area contributed by atoms with Crippen LogP contribution in [0.5, 0.6) is 0 Å². The predicted octanol–water partition coefficient (Wildman–Crippen LogP) is 3.21. The molecule has 1 aromatic carbocycles. The maximum Gasteiger partial charge on any atom is 0.308 e. The van der Waals surface area contributed by atoms with E-state index in [1.165, 1.54) is 5.56 Å². The molecule has 0 saturated heterocycles. The molecule has 1 rings (SSSR count). The Balaban J connectivity index is 2.42. The highest BCUT2D eigenvalue weighted by Gasteiger charge is 2.15. The van der Waals surface area contributed by atoms with Crippen molar-refractivity contribution in [2.24, 2.45) is 5.92 Å². The molecule has 2 nitrogen and oxygen atoms in total. The normalized spacial score (nSPS) is 14.2. The summed E-state index contributed by atoms with van der Waals surface area (Å²) in [4.78, 5) is 11.6. The molecule has 0 aliphatic carbocycles. The molecule has 0 bridgehead atoms. The molecule has 1 aromatic rings. The van der Waals surface area contributed by atoms with Crippen molar-refractivity contribution in [1.29, 1.82) is 0 Å². The Morgan fingerprint density at radius 1 is 1.25 bits per heavy atom. The zero-order valence-corrected chi connectivity index (χ0v) is 10.3. The van der Waals surface area contributed by atoms with Crippen molar-refractivity contribution in [3.63, 3.8) is 0 Å². The van der Waals surface area contributed by atoms with Gasteiger partial charge in [-0.2, -0.15) is 0 Å². The van der Waals surface area contributed by atoms with Gasteiger partial charge >= 0.3 is 5.97 Å². The molecule has 0 heterocycles. The number of hydrogen-bond acceptors (Lipinski definition) is 2. The molecule has 0 saturated carbocycles. The minimum Gasteiger partial charge on any atom is -0.462 e. The van der Waals surface area contributed by atoms with Gasteiger partial charge in [-0.15, -0.1) is 0 Å². The third-order valence-corrected chi connectivity index (χ3v) is 2.70. The van der Waals surface area contributed by atoms with E-state index in [0.717, 1.165) is 12.8 Å². The summed E-state index contributed by atoms with van der Waals surface area (Å²) < 4.78 is 5.37. The number of ether oxygens (including phenoxy) is 1. The second-order valence-electron chi connectivity index (χ2n) is 4.25. The van der Waals surface area contributed by atoms with Crippen LogP contribution in [0.3, 0.4) is 0 Å². The molecule has 88 valence electrons. The topological polar surface area (TPSA) is 26.3 Å². The van der Waals surface area contributed by atoms with E-state index in [0.29, 0.717) is 0 Å². The van der Waals surface area contributed by atoms with Crippen molar-refractivity contribution in [3.05, 3.63) is 35.9 Å². The van der Waals surface area contributed by atoms with Gasteiger partial charge in [0.15, 0.2) is 0 Å². The van der Waals surface area contributed by atoms with Crippen LogP contribution in [0.1, 0.15) is 32.8 Å². The van der Waals surface area contributed by atoms with Crippen molar-refractivity contribution in [1.82, 2.24) is 0 Å². The van der Waals surface area contributed by atoms with E-state index < -0.39 is 0 Å². The zero-order chi connectivity index (χ0) is 12.0. The van der Waals surface area contributed by atoms with Gasteiger partial charge in [0.25, 0.3) is 0 Å². The number of carbonyl (C=O) groups excluding carboxylic acids is 1. The Hall–Kier alpha value is -1.31. The summed E-state index contributed by atoms with van der Waals surface area (Å²) in [7, 11) is 0. The predicted molar refractivity (Wildman–Crippen MR) is 65.2 cm³/mol. The molecule has 0 aromatic heterocycles. The van der Waals surface area contributed by atoms with E-state index in [2.05, 4.69) is 0 Å². The van der Waals surface area contributed by atoms with Crippen LogP contribution in [-0.2, 0) is 16.0 Å². The first-order valence-electron chi connectivity index (χ1n) is 5.88. The summed E-state index contributed by atoms with van der Waals surface area (Å²) in [5.41, 5.74) is 1.20. The molecule has 0 N–H and O–H groups in total. The Bertz CT molecular complexity index is 319. The molecular formula is C14H20O2. The van der Waals surface area contributed by atoms with Gasteiger partial charge in [0, 0.05) is 6.42 Å². The van der Waals surface area contributed by atoms with Crippen molar-refractivity contribution >= 4 is 5.97 Å². The van der Waals surface area contributed by atoms with E-state index in [1.807, 2.05) is 51.1 Å². The summed E-state index contributed by atoms with van der Waals surface area (Å²) in [5.74, 6) is -0.0934. The molecule has 0 radical (unpaired) electrons. The van der Waals surface area contributed by atoms with Gasteiger partial charge < -0.3 is 4.74 Å². The van der Waals surface area contributed by atoms with Gasteiger partial charge in [-0.05, 0) is 18.9 Å². The molecular weight excluding hydrogens is 200 g/mol. The van der Waals surface area contributed by atoms with Gasteiger partial charge in [0.1, 0.15) is 6.10 Å². The number of esters is 1. The van der Waals surface area contributed by atoms with Crippen molar-refractivity contribution in [3.8, 4) is 0 Å². The standard InChI is InChI=1S/C14H20O2/c1-4-11(2)14(15)16-12(3)10-13-8-6-5-7-9-13/h5-9,11-12H,4,10H2,1-3H3. The van der Waals surface area contributed by atoms with Crippen LogP contribution >= 0.6 is 0 Å². The smallest absolute Gasteiger partial charge is 0.308 e. The van der Waals surface area contributed by atoms with Crippen molar-refractivity contribution in [2.75, 3.05) is 0 Å². The van der Waals surface area contributed by atoms with Crippen LogP contribution in [0.2, 0.25) is 0 Å². The Labute approximate surface area is 97.6 Å². The fourth-order valence-corrected chi connectivity index (χ4v) is 1.47. The summed E-state index contributed by atoms with van der Waals surface area (Å²) in [6.07, 6.45) is 1.56. The quantitative estimate of drug-likeness (QED) is 0.712. The van der Waals surface area contributed by atoms with E-state index in [1.54, 1.807) is 0 Å². The maximum atomic E-state index is 11.6. The Kier molecular flexibility index (Phi) is 5.03. The zero-order valence-electron chi connectivity index (χ0n) is 10.3. The molecule has 0 amide bonds. The minimum atomic E-state index is -0.0917. The SMILES string of the molecule is CCC(C)C(=O)OC(C)Cc1ccccc1. The van der Waals surface area contributed by atoms with Crippen LogP contribution in [0.25, 0.3) is 0 Å². The molecule has 0 fully saturated rings. The summed E-state index contributed by atoms with van der Waals surface area (Å²) in [5, 5.41) is 0. The molecule has 0 spiro atoms. The average molecular weight is 220 g/mol. The fraction of sp³-hybridized carbons (Fsp3) is 0.500. The first-order chi connectivity index (χ1) is 7.63. The lowest BCUT2D eigenvalue weighted by atomic mass is 10.1. The second-order valence-corrected chi connectivity index (χ2v) is 4.25. The Morgan fingerprint density at radius 2 is 1.88 bits per heavy atom. The molecule has 2 atom stereocenters. The van der Waals surface area contributed by atoms with Crippen LogP contribution in [0, 0.1) is 5.92 Å². The summed E-state index contributed by atoms with van der Waals surface area (Å²) in [6.45, 7) is 5.83. The summed E-state index contributed by atoms with van der Waals surface area (Å²) >= 11 is 0. The lowest BCUT2D eigenvalue weighted by Crippen LogP contribution is -2.21. The molecule has 2 heteroatoms. The third kappa shape index (κ3) is 4.05. The van der Waals surface area contributed by atoms with E-state index in [4.69, 9.17) is 4.74 Å². The van der Waals surface area contributed by atoms with E-state index >= 15 is 0 Å². The second kappa shape index (κ2) is 6.31. The summed E-state index contributed by atoms with van der Waals surface area (Å²) in [6, 6.07) is 10.1. The van der Waals surface area contributed by atoms with E-state index in [9.17, 15) is 4.79 Å². The highest BCUT2D eigenvalue weighted by Crippen LogP contribution is 2.09. The maximum absolute atomic E-state index is 11.6. The fourth-order valence-electron chi connectivity index (χ4n) is 1.47. The van der Waals surface area contributed by atoms with Crippen LogP contribution in [0.15, 0.2) is 30.3 Å². The highest BCUT2D eigenvalue weighted by atomic mass is 16.5. The van der Waals surface area contributed by atoms with Gasteiger partial charge in [-0.25, -0.2) is 0 Å². The van der Waals surface area contributed by atoms with Crippen molar-refractivity contribution in [2.45, 2.75) is 39.7 Å². The first-order valence-corrected chi connectivity index (χ1v) is 5.88. The van der Waals surface area contributed by atoms with Gasteiger partial charge in [0.05, 0.1) is 5.92 Å². The van der Waals surface area contributed by atoms with Crippen LogP contribution in [0.4, 0.5) is 0 Å². The van der Waals surface area contributed by atoms with Gasteiger partial charge in [-0.1, -0.05) is 44.2 Å². The first kappa shape index (κ1) is 12.8. The molecule has 16 heavy (non-hydrogen) atoms. The van der Waals surface area contributed by atoms with Gasteiger partial charge in [0.2, 0.25) is 0 Å². The number of rotatable bonds is 5. The monoisotopic (exact) mass is 220 g/mol. The molecule has 0 aliphatic rings. The largest absolute Gasteiger partial charge is 0.462 e. The lowest BCUT2D eigenvalue weighted by Gasteiger charge is -2.16. The minimum absolute atomic E-state index is 0.00165. The van der Waals surface area contributed by atoms with Crippen LogP contribution < -0.4 is 0 Å². The Morgan fingerprint density at radius 3 is 2.44 bits per heavy atom. The number of carbonyl (C=O) groups is 1. The third-order valence-electron chi connectivity index (χ3n) is 2.70. The average Bonchev–Trinajstić information content (AvgIpc) is 2.29.